The van der Waals surface area contributed by atoms with Crippen molar-refractivity contribution in [3.63, 3.8) is 0 Å². The number of carbonyl (C=O) groups is 3. The van der Waals surface area contributed by atoms with E-state index in [4.69, 9.17) is 9.84 Å². The first kappa shape index (κ1) is 30.0. The number of carbonyl (C=O) groups excluding carboxylic acids is 2. The van der Waals surface area contributed by atoms with Crippen LogP contribution in [0, 0.1) is 13.8 Å². The number of nitrogens with one attached hydrogen (secondary N) is 1. The molecular weight excluding hydrogens is 532 g/mol. The lowest BCUT2D eigenvalue weighted by Crippen LogP contribution is -2.26. The molecule has 2 amide bonds. The minimum absolute atomic E-state index is 0.0132. The highest BCUT2D eigenvalue weighted by atomic mass is 16.5. The summed E-state index contributed by atoms with van der Waals surface area (Å²) < 4.78 is 7.68. The number of aromatic nitrogens is 2. The van der Waals surface area contributed by atoms with E-state index in [0.717, 1.165) is 33.7 Å². The molecule has 0 aliphatic heterocycles. The van der Waals surface area contributed by atoms with Crippen molar-refractivity contribution >= 4 is 23.5 Å². The third-order valence-corrected chi connectivity index (χ3v) is 7.08. The van der Waals surface area contributed by atoms with Gasteiger partial charge in [0.1, 0.15) is 5.75 Å². The van der Waals surface area contributed by atoms with Crippen LogP contribution in [0.3, 0.4) is 0 Å². The van der Waals surface area contributed by atoms with Gasteiger partial charge in [-0.3, -0.25) is 19.1 Å². The maximum absolute atomic E-state index is 12.9. The summed E-state index contributed by atoms with van der Waals surface area (Å²) in [5.74, 6) is -0.407. The van der Waals surface area contributed by atoms with Crippen molar-refractivity contribution in [3.05, 3.63) is 101 Å². The van der Waals surface area contributed by atoms with Gasteiger partial charge in [0.25, 0.3) is 5.91 Å². The topological polar surface area (TPSA) is 114 Å². The molecule has 1 heterocycles. The average Bonchev–Trinajstić information content (AvgIpc) is 3.45. The number of anilines is 1. The van der Waals surface area contributed by atoms with Crippen molar-refractivity contribution < 1.29 is 24.2 Å². The van der Waals surface area contributed by atoms with Crippen LogP contribution in [0.4, 0.5) is 5.69 Å². The first-order valence-electron chi connectivity index (χ1n) is 13.9. The van der Waals surface area contributed by atoms with E-state index in [2.05, 4.69) is 23.4 Å². The van der Waals surface area contributed by atoms with Gasteiger partial charge in [0.2, 0.25) is 5.91 Å². The van der Waals surface area contributed by atoms with Crippen molar-refractivity contribution in [3.8, 4) is 16.9 Å². The summed E-state index contributed by atoms with van der Waals surface area (Å²) >= 11 is 0. The Kier molecular flexibility index (Phi) is 10.1. The predicted molar refractivity (Wildman–Crippen MR) is 162 cm³/mol. The summed E-state index contributed by atoms with van der Waals surface area (Å²) in [6.45, 7) is 5.09. The Morgan fingerprint density at radius 2 is 1.76 bits per heavy atom. The second kappa shape index (κ2) is 14.1. The Morgan fingerprint density at radius 1 is 0.976 bits per heavy atom. The Hall–Kier alpha value is -4.92. The highest BCUT2D eigenvalue weighted by molar-refractivity contribution is 5.94. The number of hydrogen-bond acceptors (Lipinski definition) is 5. The van der Waals surface area contributed by atoms with E-state index in [0.29, 0.717) is 31.6 Å². The quantitative estimate of drug-likeness (QED) is 0.213. The number of carboxylic acids is 1. The minimum atomic E-state index is -0.961. The molecule has 9 heteroatoms. The van der Waals surface area contributed by atoms with Crippen molar-refractivity contribution in [1.82, 2.24) is 15.1 Å². The van der Waals surface area contributed by atoms with Gasteiger partial charge in [-0.1, -0.05) is 36.4 Å². The van der Waals surface area contributed by atoms with Crippen molar-refractivity contribution in [2.75, 3.05) is 25.1 Å². The number of nitrogens with zero attached hydrogens (tertiary/aromatic N) is 3. The molecule has 3 aromatic carbocycles. The molecule has 0 radical (unpaired) electrons. The molecule has 0 aliphatic carbocycles. The van der Waals surface area contributed by atoms with E-state index in [1.165, 1.54) is 5.56 Å². The molecule has 0 unspecified atom stereocenters. The number of rotatable bonds is 13. The van der Waals surface area contributed by atoms with Crippen LogP contribution in [0.2, 0.25) is 0 Å². The largest absolute Gasteiger partial charge is 0.493 e. The standard InChI is InChI=1S/C33H36N4O5/c1-23-8-4-13-30(24(23)2)42-17-7-14-31(38)36(3)29-12-6-10-26(19-29)28-20-35-37(22-28)21-25-9-5-11-27(18-25)33(41)34-16-15-32(39)40/h4-6,8-13,18-20,22H,7,14-17,21H2,1-3H3,(H,34,41)(H,39,40). The summed E-state index contributed by atoms with van der Waals surface area (Å²) in [5.41, 5.74) is 6.28. The number of aliphatic carboxylic acids is 1. The van der Waals surface area contributed by atoms with Gasteiger partial charge in [-0.05, 0) is 72.9 Å². The van der Waals surface area contributed by atoms with Crippen LogP contribution in [-0.4, -0.2) is 52.9 Å². The summed E-state index contributed by atoms with van der Waals surface area (Å²) in [5, 5.41) is 15.9. The second-order valence-corrected chi connectivity index (χ2v) is 10.2. The number of amides is 2. The summed E-state index contributed by atoms with van der Waals surface area (Å²) in [6.07, 6.45) is 4.56. The van der Waals surface area contributed by atoms with Crippen LogP contribution in [0.1, 0.15) is 46.3 Å². The third kappa shape index (κ3) is 8.06. The fourth-order valence-corrected chi connectivity index (χ4v) is 4.47. The summed E-state index contributed by atoms with van der Waals surface area (Å²) in [6, 6.07) is 20.9. The fourth-order valence-electron chi connectivity index (χ4n) is 4.47. The van der Waals surface area contributed by atoms with Crippen molar-refractivity contribution in [2.24, 2.45) is 0 Å². The molecule has 0 saturated heterocycles. The van der Waals surface area contributed by atoms with Crippen LogP contribution >= 0.6 is 0 Å². The van der Waals surface area contributed by atoms with Crippen LogP contribution < -0.4 is 15.0 Å². The molecule has 4 aromatic rings. The van der Waals surface area contributed by atoms with Gasteiger partial charge in [0.05, 0.1) is 25.8 Å². The van der Waals surface area contributed by atoms with Gasteiger partial charge < -0.3 is 20.1 Å². The fraction of sp³-hybridized carbons (Fsp3) is 0.273. The SMILES string of the molecule is Cc1cccc(OCCCC(=O)N(C)c2cccc(-c3cnn(Cc4cccc(C(=O)NCCC(=O)O)c4)c3)c2)c1C. The monoisotopic (exact) mass is 568 g/mol. The van der Waals surface area contributed by atoms with Crippen molar-refractivity contribution in [1.29, 1.82) is 0 Å². The molecule has 2 N–H and O–H groups in total. The zero-order valence-corrected chi connectivity index (χ0v) is 24.2. The molecule has 218 valence electrons. The lowest BCUT2D eigenvalue weighted by atomic mass is 10.1. The average molecular weight is 569 g/mol. The molecule has 4 rings (SSSR count). The van der Waals surface area contributed by atoms with E-state index >= 15 is 0 Å². The van der Waals surface area contributed by atoms with Crippen LogP contribution in [-0.2, 0) is 16.1 Å². The van der Waals surface area contributed by atoms with Gasteiger partial charge in [-0.15, -0.1) is 0 Å². The van der Waals surface area contributed by atoms with Crippen LogP contribution in [0.5, 0.6) is 5.75 Å². The number of carboxylic acid groups (broad SMARTS) is 1. The van der Waals surface area contributed by atoms with Gasteiger partial charge in [0.15, 0.2) is 0 Å². The van der Waals surface area contributed by atoms with E-state index < -0.39 is 5.97 Å². The lowest BCUT2D eigenvalue weighted by Gasteiger charge is -2.18. The van der Waals surface area contributed by atoms with E-state index in [-0.39, 0.29) is 24.8 Å². The summed E-state index contributed by atoms with van der Waals surface area (Å²) in [7, 11) is 1.78. The molecule has 0 saturated carbocycles. The smallest absolute Gasteiger partial charge is 0.305 e. The normalized spacial score (nSPS) is 10.7. The molecule has 9 nitrogen and oxygen atoms in total. The summed E-state index contributed by atoms with van der Waals surface area (Å²) in [4.78, 5) is 37.6. The Labute approximate surface area is 245 Å². The molecule has 0 fully saturated rings. The van der Waals surface area contributed by atoms with Gasteiger partial charge in [-0.25, -0.2) is 0 Å². The molecule has 42 heavy (non-hydrogen) atoms. The number of hydrogen-bond donors (Lipinski definition) is 2. The van der Waals surface area contributed by atoms with Gasteiger partial charge in [0, 0.05) is 43.0 Å². The van der Waals surface area contributed by atoms with Gasteiger partial charge in [-0.2, -0.15) is 5.10 Å². The maximum atomic E-state index is 12.9. The first-order valence-corrected chi connectivity index (χ1v) is 13.9. The Morgan fingerprint density at radius 3 is 2.57 bits per heavy atom. The van der Waals surface area contributed by atoms with Crippen molar-refractivity contribution in [2.45, 2.75) is 39.7 Å². The molecule has 0 atom stereocenters. The second-order valence-electron chi connectivity index (χ2n) is 10.2. The van der Waals surface area contributed by atoms with E-state index in [9.17, 15) is 14.4 Å². The highest BCUT2D eigenvalue weighted by Gasteiger charge is 2.13. The third-order valence-electron chi connectivity index (χ3n) is 7.08. The molecule has 0 aliphatic rings. The zero-order valence-electron chi connectivity index (χ0n) is 24.2. The lowest BCUT2D eigenvalue weighted by molar-refractivity contribution is -0.136. The number of ether oxygens (including phenoxy) is 1. The Balaban J connectivity index is 1.33. The highest BCUT2D eigenvalue weighted by Crippen LogP contribution is 2.25. The van der Waals surface area contributed by atoms with E-state index in [1.807, 2.05) is 55.6 Å². The van der Waals surface area contributed by atoms with Crippen LogP contribution in [0.25, 0.3) is 11.1 Å². The molecular formula is C33H36N4O5. The zero-order chi connectivity index (χ0) is 30.1. The maximum Gasteiger partial charge on any atom is 0.305 e. The first-order chi connectivity index (χ1) is 20.2. The predicted octanol–water partition coefficient (Wildman–Crippen LogP) is 5.24. The molecule has 0 spiro atoms. The molecule has 1 aromatic heterocycles. The number of benzene rings is 3. The minimum Gasteiger partial charge on any atom is -0.493 e. The van der Waals surface area contributed by atoms with E-state index in [1.54, 1.807) is 41.0 Å². The Bertz CT molecular complexity index is 1560. The van der Waals surface area contributed by atoms with Crippen LogP contribution in [0.15, 0.2) is 79.1 Å². The van der Waals surface area contributed by atoms with Gasteiger partial charge >= 0.3 is 5.97 Å². The number of aryl methyl sites for hydroxylation is 1. The molecule has 0 bridgehead atoms.